The van der Waals surface area contributed by atoms with Gasteiger partial charge >= 0.3 is 8.56 Å². The lowest BCUT2D eigenvalue weighted by Crippen LogP contribution is -2.64. The first-order valence-corrected chi connectivity index (χ1v) is 7.71. The zero-order valence-corrected chi connectivity index (χ0v) is 11.7. The smallest absolute Gasteiger partial charge is 0.360 e. The van der Waals surface area contributed by atoms with Crippen LogP contribution in [0.3, 0.4) is 0 Å². The first kappa shape index (κ1) is 13.2. The van der Waals surface area contributed by atoms with E-state index < -0.39 is 8.56 Å². The predicted molar refractivity (Wildman–Crippen MR) is 65.1 cm³/mol. The first-order valence-electron chi connectivity index (χ1n) is 5.81. The van der Waals surface area contributed by atoms with Gasteiger partial charge in [-0.3, -0.25) is 0 Å². The van der Waals surface area contributed by atoms with Gasteiger partial charge in [0.25, 0.3) is 0 Å². The van der Waals surface area contributed by atoms with Crippen LogP contribution in [0.2, 0.25) is 5.04 Å². The lowest BCUT2D eigenvalue weighted by Gasteiger charge is -2.45. The highest BCUT2D eigenvalue weighted by Crippen LogP contribution is 2.40. The summed E-state index contributed by atoms with van der Waals surface area (Å²) in [6.45, 7) is 7.77. The third-order valence-electron chi connectivity index (χ3n) is 3.42. The molecule has 0 bridgehead atoms. The molecule has 1 saturated heterocycles. The van der Waals surface area contributed by atoms with Gasteiger partial charge in [-0.05, 0) is 19.4 Å². The van der Waals surface area contributed by atoms with Crippen LogP contribution in [0.4, 0.5) is 0 Å². The van der Waals surface area contributed by atoms with Crippen molar-refractivity contribution < 1.29 is 8.85 Å². The van der Waals surface area contributed by atoms with Crippen LogP contribution in [0, 0.1) is 0 Å². The summed E-state index contributed by atoms with van der Waals surface area (Å²) in [5, 5.41) is 3.68. The highest BCUT2D eigenvalue weighted by molar-refractivity contribution is 6.72. The highest BCUT2D eigenvalue weighted by Gasteiger charge is 2.54. The molecule has 1 unspecified atom stereocenters. The van der Waals surface area contributed by atoms with Crippen LogP contribution in [0.5, 0.6) is 0 Å². The molecule has 0 saturated carbocycles. The van der Waals surface area contributed by atoms with E-state index in [1.165, 1.54) is 19.3 Å². The Balaban J connectivity index is 2.88. The standard InChI is InChI=1S/C11H25NO2Si/c1-11(2,3)15(13-4,14-5)10-8-6-7-9-12-10/h10,12H,6-9H2,1-5H3. The molecule has 0 spiro atoms. The van der Waals surface area contributed by atoms with Crippen LogP contribution in [-0.2, 0) is 8.85 Å². The minimum Gasteiger partial charge on any atom is -0.396 e. The maximum atomic E-state index is 5.85. The lowest BCUT2D eigenvalue weighted by molar-refractivity contribution is 0.187. The van der Waals surface area contributed by atoms with Crippen molar-refractivity contribution in [3.8, 4) is 0 Å². The van der Waals surface area contributed by atoms with Crippen LogP contribution in [0.15, 0.2) is 0 Å². The molecular weight excluding hydrogens is 206 g/mol. The molecule has 1 aliphatic rings. The Bertz CT molecular complexity index is 193. The molecule has 0 aromatic rings. The SMILES string of the molecule is CO[Si](OC)(C1CCCCN1)C(C)(C)C. The second-order valence-electron chi connectivity index (χ2n) is 5.33. The van der Waals surface area contributed by atoms with E-state index in [1.54, 1.807) is 14.2 Å². The van der Waals surface area contributed by atoms with E-state index >= 15 is 0 Å². The molecule has 1 heterocycles. The fraction of sp³-hybridized carbons (Fsp3) is 1.00. The number of hydrogen-bond acceptors (Lipinski definition) is 3. The van der Waals surface area contributed by atoms with Crippen molar-refractivity contribution in [1.29, 1.82) is 0 Å². The van der Waals surface area contributed by atoms with Gasteiger partial charge in [0.2, 0.25) is 0 Å². The van der Waals surface area contributed by atoms with Gasteiger partial charge in [0.15, 0.2) is 0 Å². The Morgan fingerprint density at radius 1 is 1.13 bits per heavy atom. The van der Waals surface area contributed by atoms with E-state index in [9.17, 15) is 0 Å². The van der Waals surface area contributed by atoms with Crippen LogP contribution in [0.25, 0.3) is 0 Å². The molecule has 1 N–H and O–H groups in total. The van der Waals surface area contributed by atoms with Crippen molar-refractivity contribution in [3.05, 3.63) is 0 Å². The zero-order chi connectivity index (χ0) is 11.5. The number of nitrogens with one attached hydrogen (secondary N) is 1. The van der Waals surface area contributed by atoms with Gasteiger partial charge in [-0.25, -0.2) is 0 Å². The number of piperidine rings is 1. The minimum absolute atomic E-state index is 0.103. The van der Waals surface area contributed by atoms with Crippen LogP contribution in [0.1, 0.15) is 40.0 Å². The quantitative estimate of drug-likeness (QED) is 0.755. The number of rotatable bonds is 3. The van der Waals surface area contributed by atoms with E-state index in [2.05, 4.69) is 26.1 Å². The molecule has 1 aliphatic heterocycles. The second kappa shape index (κ2) is 4.95. The summed E-state index contributed by atoms with van der Waals surface area (Å²) in [6, 6.07) is 0. The summed E-state index contributed by atoms with van der Waals surface area (Å²) < 4.78 is 11.7. The molecule has 0 aromatic heterocycles. The molecule has 1 atom stereocenters. The Hall–Kier alpha value is 0.0969. The van der Waals surface area contributed by atoms with Gasteiger partial charge in [0, 0.05) is 19.3 Å². The predicted octanol–water partition coefficient (Wildman–Crippen LogP) is 2.20. The van der Waals surface area contributed by atoms with E-state index in [0.717, 1.165) is 6.54 Å². The minimum atomic E-state index is -2.16. The Morgan fingerprint density at radius 3 is 2.07 bits per heavy atom. The maximum absolute atomic E-state index is 5.85. The van der Waals surface area contributed by atoms with Crippen molar-refractivity contribution in [3.63, 3.8) is 0 Å². The monoisotopic (exact) mass is 231 g/mol. The van der Waals surface area contributed by atoms with E-state index in [0.29, 0.717) is 5.67 Å². The van der Waals surface area contributed by atoms with Crippen LogP contribution in [-0.4, -0.2) is 35.0 Å². The fourth-order valence-corrected chi connectivity index (χ4v) is 6.68. The molecular formula is C11H25NO2Si. The first-order chi connectivity index (χ1) is 6.98. The third-order valence-corrected chi connectivity index (χ3v) is 8.13. The fourth-order valence-electron chi connectivity index (χ4n) is 2.68. The molecule has 1 fully saturated rings. The van der Waals surface area contributed by atoms with Crippen LogP contribution >= 0.6 is 0 Å². The molecule has 4 heteroatoms. The average Bonchev–Trinajstić information content (AvgIpc) is 2.20. The maximum Gasteiger partial charge on any atom is 0.360 e. The summed E-state index contributed by atoms with van der Waals surface area (Å²) in [5.74, 6) is 0. The zero-order valence-electron chi connectivity index (χ0n) is 10.7. The largest absolute Gasteiger partial charge is 0.396 e. The topological polar surface area (TPSA) is 30.5 Å². The van der Waals surface area contributed by atoms with Gasteiger partial charge < -0.3 is 14.2 Å². The summed E-state index contributed by atoms with van der Waals surface area (Å²) in [5.41, 5.74) is 0.432. The lowest BCUT2D eigenvalue weighted by atomic mass is 10.2. The van der Waals surface area contributed by atoms with Crippen molar-refractivity contribution in [2.75, 3.05) is 20.8 Å². The van der Waals surface area contributed by atoms with Gasteiger partial charge in [-0.15, -0.1) is 0 Å². The Kier molecular flexibility index (Phi) is 4.35. The summed E-state index contributed by atoms with van der Waals surface area (Å²) in [4.78, 5) is 0. The highest BCUT2D eigenvalue weighted by atomic mass is 28.4. The molecule has 15 heavy (non-hydrogen) atoms. The molecule has 3 nitrogen and oxygen atoms in total. The Morgan fingerprint density at radius 2 is 1.73 bits per heavy atom. The normalized spacial score (nSPS) is 24.2. The van der Waals surface area contributed by atoms with Crippen molar-refractivity contribution >= 4 is 8.56 Å². The Labute approximate surface area is 94.8 Å². The second-order valence-corrected chi connectivity index (χ2v) is 9.68. The average molecular weight is 231 g/mol. The van der Waals surface area contributed by atoms with Gasteiger partial charge in [-0.2, -0.15) is 0 Å². The van der Waals surface area contributed by atoms with Crippen molar-refractivity contribution in [1.82, 2.24) is 5.32 Å². The summed E-state index contributed by atoms with van der Waals surface area (Å²) in [6.07, 6.45) is 3.75. The molecule has 0 radical (unpaired) electrons. The van der Waals surface area contributed by atoms with E-state index in [1.807, 2.05) is 0 Å². The summed E-state index contributed by atoms with van der Waals surface area (Å²) in [7, 11) is 1.45. The molecule has 0 amide bonds. The van der Waals surface area contributed by atoms with Gasteiger partial charge in [0.1, 0.15) is 0 Å². The van der Waals surface area contributed by atoms with Crippen molar-refractivity contribution in [2.24, 2.45) is 0 Å². The van der Waals surface area contributed by atoms with Crippen molar-refractivity contribution in [2.45, 2.75) is 50.7 Å². The summed E-state index contributed by atoms with van der Waals surface area (Å²) >= 11 is 0. The van der Waals surface area contributed by atoms with Gasteiger partial charge in [0.05, 0.1) is 5.67 Å². The molecule has 0 aromatic carbocycles. The van der Waals surface area contributed by atoms with Crippen LogP contribution < -0.4 is 5.32 Å². The van der Waals surface area contributed by atoms with E-state index in [-0.39, 0.29) is 5.04 Å². The molecule has 0 aliphatic carbocycles. The van der Waals surface area contributed by atoms with Gasteiger partial charge in [-0.1, -0.05) is 27.2 Å². The molecule has 90 valence electrons. The van der Waals surface area contributed by atoms with E-state index in [4.69, 9.17) is 8.85 Å². The molecule has 1 rings (SSSR count). The third kappa shape index (κ3) is 2.44. The number of hydrogen-bond donors (Lipinski definition) is 1.